The zero-order valence-electron chi connectivity index (χ0n) is 12.3. The molecule has 1 rings (SSSR count). The summed E-state index contributed by atoms with van der Waals surface area (Å²) in [5, 5.41) is 2.78. The second-order valence-corrected chi connectivity index (χ2v) is 7.59. The molecule has 1 aromatic rings. The van der Waals surface area contributed by atoms with E-state index in [1.807, 2.05) is 36.6 Å². The Morgan fingerprint density at radius 1 is 1.29 bits per heavy atom. The quantitative estimate of drug-likeness (QED) is 0.717. The minimum absolute atomic E-state index is 0.0330. The second kappa shape index (κ2) is 9.07. The van der Waals surface area contributed by atoms with Crippen molar-refractivity contribution in [2.75, 3.05) is 17.8 Å². The number of amides is 1. The maximum atomic E-state index is 12.2. The van der Waals surface area contributed by atoms with Gasteiger partial charge < -0.3 is 5.32 Å². The van der Waals surface area contributed by atoms with E-state index < -0.39 is 16.1 Å². The van der Waals surface area contributed by atoms with E-state index in [0.717, 1.165) is 11.3 Å². The molecule has 0 bridgehead atoms. The van der Waals surface area contributed by atoms with Crippen LogP contribution in [0.2, 0.25) is 0 Å². The van der Waals surface area contributed by atoms with Crippen LogP contribution < -0.4 is 10.0 Å². The summed E-state index contributed by atoms with van der Waals surface area (Å²) in [7, 11) is -3.40. The van der Waals surface area contributed by atoms with Crippen LogP contribution in [0.5, 0.6) is 0 Å². The molecular formula is C14H22N2O3S2. The standard InChI is InChI=1S/C14H22N2O3S2/c1-3-21(18,19)16-13(9-10-20-2)14(17)15-11-12-7-5-4-6-8-12/h4-8,13,16H,3,9-11H2,1-2H3,(H,15,17). The highest BCUT2D eigenvalue weighted by Crippen LogP contribution is 2.04. The van der Waals surface area contributed by atoms with Gasteiger partial charge in [0, 0.05) is 6.54 Å². The number of hydrogen-bond acceptors (Lipinski definition) is 4. The summed E-state index contributed by atoms with van der Waals surface area (Å²) >= 11 is 1.58. The molecule has 0 aliphatic heterocycles. The van der Waals surface area contributed by atoms with E-state index >= 15 is 0 Å². The molecule has 0 saturated carbocycles. The smallest absolute Gasteiger partial charge is 0.238 e. The van der Waals surface area contributed by atoms with Crippen LogP contribution in [0.25, 0.3) is 0 Å². The first kappa shape index (κ1) is 18.0. The molecule has 1 amide bonds. The van der Waals surface area contributed by atoms with Crippen molar-refractivity contribution >= 4 is 27.7 Å². The molecule has 118 valence electrons. The molecule has 5 nitrogen and oxygen atoms in total. The van der Waals surface area contributed by atoms with Gasteiger partial charge in [-0.2, -0.15) is 11.8 Å². The second-order valence-electron chi connectivity index (χ2n) is 4.56. The van der Waals surface area contributed by atoms with Crippen LogP contribution >= 0.6 is 11.8 Å². The number of benzene rings is 1. The molecule has 1 unspecified atom stereocenters. The maximum absolute atomic E-state index is 12.2. The molecule has 0 heterocycles. The zero-order chi connectivity index (χ0) is 15.7. The molecule has 0 aliphatic rings. The number of thioether (sulfide) groups is 1. The van der Waals surface area contributed by atoms with Gasteiger partial charge >= 0.3 is 0 Å². The summed E-state index contributed by atoms with van der Waals surface area (Å²) in [6.45, 7) is 1.94. The van der Waals surface area contributed by atoms with Crippen LogP contribution in [0.4, 0.5) is 0 Å². The number of nitrogens with one attached hydrogen (secondary N) is 2. The third-order valence-electron chi connectivity index (χ3n) is 2.94. The fourth-order valence-corrected chi connectivity index (χ4v) is 2.98. The van der Waals surface area contributed by atoms with Crippen molar-refractivity contribution in [3.63, 3.8) is 0 Å². The van der Waals surface area contributed by atoms with Crippen LogP contribution in [-0.4, -0.2) is 38.1 Å². The molecule has 1 aromatic carbocycles. The fourth-order valence-electron chi connectivity index (χ4n) is 1.69. The lowest BCUT2D eigenvalue weighted by molar-refractivity contribution is -0.122. The summed E-state index contributed by atoms with van der Waals surface area (Å²) in [4.78, 5) is 12.2. The average Bonchev–Trinajstić information content (AvgIpc) is 2.50. The van der Waals surface area contributed by atoms with Gasteiger partial charge in [0.25, 0.3) is 0 Å². The third kappa shape index (κ3) is 6.97. The van der Waals surface area contributed by atoms with Crippen molar-refractivity contribution in [1.29, 1.82) is 0 Å². The van der Waals surface area contributed by atoms with Crippen molar-refractivity contribution in [3.8, 4) is 0 Å². The van der Waals surface area contributed by atoms with Gasteiger partial charge in [-0.3, -0.25) is 4.79 Å². The average molecular weight is 330 g/mol. The van der Waals surface area contributed by atoms with Crippen molar-refractivity contribution in [3.05, 3.63) is 35.9 Å². The first-order chi connectivity index (χ1) is 9.98. The lowest BCUT2D eigenvalue weighted by atomic mass is 10.2. The van der Waals surface area contributed by atoms with Gasteiger partial charge in [0.2, 0.25) is 15.9 Å². The minimum Gasteiger partial charge on any atom is -0.351 e. The van der Waals surface area contributed by atoms with Crippen LogP contribution in [0.3, 0.4) is 0 Å². The molecule has 21 heavy (non-hydrogen) atoms. The van der Waals surface area contributed by atoms with Gasteiger partial charge in [-0.15, -0.1) is 0 Å². The number of hydrogen-bond donors (Lipinski definition) is 2. The Morgan fingerprint density at radius 3 is 2.52 bits per heavy atom. The topological polar surface area (TPSA) is 75.3 Å². The molecule has 7 heteroatoms. The number of carbonyl (C=O) groups excluding carboxylic acids is 1. The van der Waals surface area contributed by atoms with E-state index in [1.165, 1.54) is 0 Å². The summed E-state index contributed by atoms with van der Waals surface area (Å²) in [6.07, 6.45) is 2.40. The van der Waals surface area contributed by atoms with Crippen LogP contribution in [-0.2, 0) is 21.4 Å². The predicted octanol–water partition coefficient (Wildman–Crippen LogP) is 1.36. The first-order valence-electron chi connectivity index (χ1n) is 6.79. The Kier molecular flexibility index (Phi) is 7.77. The summed E-state index contributed by atoms with van der Waals surface area (Å²) in [5.41, 5.74) is 0.979. The molecule has 0 aliphatic carbocycles. The summed E-state index contributed by atoms with van der Waals surface area (Å²) in [5.74, 6) is 0.398. The Bertz CT molecular complexity index is 532. The molecule has 2 N–H and O–H groups in total. The summed E-state index contributed by atoms with van der Waals surface area (Å²) in [6, 6.07) is 8.80. The van der Waals surface area contributed by atoms with Gasteiger partial charge in [0.1, 0.15) is 6.04 Å². The monoisotopic (exact) mass is 330 g/mol. The highest BCUT2D eigenvalue weighted by molar-refractivity contribution is 7.98. The van der Waals surface area contributed by atoms with Gasteiger partial charge in [0.15, 0.2) is 0 Å². The van der Waals surface area contributed by atoms with Gasteiger partial charge in [-0.1, -0.05) is 30.3 Å². The lowest BCUT2D eigenvalue weighted by Crippen LogP contribution is -2.47. The predicted molar refractivity (Wildman–Crippen MR) is 87.7 cm³/mol. The largest absolute Gasteiger partial charge is 0.351 e. The normalized spacial score (nSPS) is 12.9. The Labute approximate surface area is 130 Å². The third-order valence-corrected chi connectivity index (χ3v) is 4.99. The maximum Gasteiger partial charge on any atom is 0.238 e. The Morgan fingerprint density at radius 2 is 1.95 bits per heavy atom. The molecule has 0 aromatic heterocycles. The van der Waals surface area contributed by atoms with Crippen molar-refractivity contribution in [2.45, 2.75) is 25.9 Å². The van der Waals surface area contributed by atoms with Crippen molar-refractivity contribution in [2.24, 2.45) is 0 Å². The molecule has 0 spiro atoms. The summed E-state index contributed by atoms with van der Waals surface area (Å²) < 4.78 is 25.8. The Hall–Kier alpha value is -1.05. The van der Waals surface area contributed by atoms with Crippen LogP contribution in [0.1, 0.15) is 18.9 Å². The molecule has 1 atom stereocenters. The number of rotatable bonds is 9. The molecule has 0 radical (unpaired) electrons. The van der Waals surface area contributed by atoms with Crippen LogP contribution in [0.15, 0.2) is 30.3 Å². The van der Waals surface area contributed by atoms with Crippen molar-refractivity contribution in [1.82, 2.24) is 10.0 Å². The molecule has 0 saturated heterocycles. The van der Waals surface area contributed by atoms with E-state index in [-0.39, 0.29) is 11.7 Å². The van der Waals surface area contributed by atoms with E-state index in [4.69, 9.17) is 0 Å². The van der Waals surface area contributed by atoms with E-state index in [0.29, 0.717) is 13.0 Å². The highest BCUT2D eigenvalue weighted by Gasteiger charge is 2.22. The van der Waals surface area contributed by atoms with Crippen LogP contribution in [0, 0.1) is 0 Å². The SMILES string of the molecule is CCS(=O)(=O)NC(CCSC)C(=O)NCc1ccccc1. The lowest BCUT2D eigenvalue weighted by Gasteiger charge is -2.17. The van der Waals surface area contributed by atoms with E-state index in [2.05, 4.69) is 10.0 Å². The van der Waals surface area contributed by atoms with Gasteiger partial charge in [-0.25, -0.2) is 13.1 Å². The van der Waals surface area contributed by atoms with E-state index in [1.54, 1.807) is 18.7 Å². The molecular weight excluding hydrogens is 308 g/mol. The van der Waals surface area contributed by atoms with Gasteiger partial charge in [0.05, 0.1) is 5.75 Å². The number of sulfonamides is 1. The molecule has 0 fully saturated rings. The fraction of sp³-hybridized carbons (Fsp3) is 0.500. The first-order valence-corrected chi connectivity index (χ1v) is 9.83. The van der Waals surface area contributed by atoms with Gasteiger partial charge in [-0.05, 0) is 30.9 Å². The van der Waals surface area contributed by atoms with Crippen molar-refractivity contribution < 1.29 is 13.2 Å². The zero-order valence-corrected chi connectivity index (χ0v) is 14.0. The Balaban J connectivity index is 2.62. The highest BCUT2D eigenvalue weighted by atomic mass is 32.2. The number of carbonyl (C=O) groups is 1. The van der Waals surface area contributed by atoms with E-state index in [9.17, 15) is 13.2 Å². The minimum atomic E-state index is -3.40.